The molecule has 2 heterocycles. The summed E-state index contributed by atoms with van der Waals surface area (Å²) in [5.41, 5.74) is 8.80. The number of piperidine rings is 1. The molecular weight excluding hydrogens is 332 g/mol. The summed E-state index contributed by atoms with van der Waals surface area (Å²) in [6.07, 6.45) is 10.9. The molecule has 6 rings (SSSR count). The second kappa shape index (κ2) is 6.37. The lowest BCUT2D eigenvalue weighted by atomic mass is 9.72. The lowest BCUT2D eigenvalue weighted by Gasteiger charge is -2.43. The van der Waals surface area contributed by atoms with Crippen LogP contribution in [0.3, 0.4) is 0 Å². The molecule has 2 aliphatic heterocycles. The van der Waals surface area contributed by atoms with Crippen molar-refractivity contribution >= 4 is 5.57 Å². The van der Waals surface area contributed by atoms with Crippen LogP contribution < -0.4 is 16.0 Å². The molecule has 1 unspecified atom stereocenters. The maximum atomic E-state index is 9.46. The zero-order valence-corrected chi connectivity index (χ0v) is 15.9. The highest BCUT2D eigenvalue weighted by Crippen LogP contribution is 2.43. The van der Waals surface area contributed by atoms with E-state index < -0.39 is 0 Å². The first kappa shape index (κ1) is 16.8. The summed E-state index contributed by atoms with van der Waals surface area (Å²) in [5.74, 6) is 0. The van der Waals surface area contributed by atoms with Crippen LogP contribution in [-0.4, -0.2) is 31.2 Å². The van der Waals surface area contributed by atoms with Crippen molar-refractivity contribution < 1.29 is 0 Å². The average molecular weight is 358 g/mol. The van der Waals surface area contributed by atoms with E-state index in [2.05, 4.69) is 59.4 Å². The fraction of sp³-hybridized carbons (Fsp3) is 0.435. The monoisotopic (exact) mass is 358 g/mol. The predicted molar refractivity (Wildman–Crippen MR) is 108 cm³/mol. The molecule has 3 aliphatic carbocycles. The van der Waals surface area contributed by atoms with Crippen LogP contribution in [0, 0.1) is 11.3 Å². The lowest BCUT2D eigenvalue weighted by molar-refractivity contribution is 0.298. The molecule has 2 bridgehead atoms. The number of hydrogen-bond donors (Lipinski definition) is 3. The number of fused-ring (bicyclic) bond motifs is 2. The second-order valence-corrected chi connectivity index (χ2v) is 8.45. The Kier molecular flexibility index (Phi) is 3.96. The van der Waals surface area contributed by atoms with Crippen molar-refractivity contribution in [3.8, 4) is 6.07 Å². The molecule has 1 fully saturated rings. The molecule has 0 radical (unpaired) electrons. The first-order valence-electron chi connectivity index (χ1n) is 10.0. The van der Waals surface area contributed by atoms with Gasteiger partial charge in [0, 0.05) is 18.1 Å². The highest BCUT2D eigenvalue weighted by Gasteiger charge is 2.38. The van der Waals surface area contributed by atoms with Crippen molar-refractivity contribution in [1.29, 1.82) is 5.26 Å². The zero-order valence-electron chi connectivity index (χ0n) is 15.9. The molecule has 0 saturated carbocycles. The molecule has 0 aromatic heterocycles. The highest BCUT2D eigenvalue weighted by atomic mass is 15.0. The zero-order chi connectivity index (χ0) is 18.4. The van der Waals surface area contributed by atoms with Gasteiger partial charge in [-0.25, -0.2) is 0 Å². The van der Waals surface area contributed by atoms with Gasteiger partial charge in [-0.1, -0.05) is 12.1 Å². The lowest BCUT2D eigenvalue weighted by Crippen LogP contribution is -2.55. The largest absolute Gasteiger partial charge is 0.387 e. The summed E-state index contributed by atoms with van der Waals surface area (Å²) in [4.78, 5) is 0. The second-order valence-electron chi connectivity index (χ2n) is 8.45. The standard InChI is InChI=1S/C23H26N4/c1-23(27-20-3-6-25-7-4-20)12-18(8-15-2-5-26-14-22(15)23)21-11-19(13-24)16-9-17(21)10-16/h2,5,8-9,11,20,25-27H,3-4,6-7,10,12,14H2,1H3. The van der Waals surface area contributed by atoms with Gasteiger partial charge in [0.05, 0.1) is 11.6 Å². The predicted octanol–water partition coefficient (Wildman–Crippen LogP) is 2.76. The first-order valence-corrected chi connectivity index (χ1v) is 10.0. The fourth-order valence-corrected chi connectivity index (χ4v) is 5.08. The van der Waals surface area contributed by atoms with Crippen LogP contribution in [0.1, 0.15) is 48.4 Å². The molecule has 138 valence electrons. The number of nitriles is 1. The molecule has 1 atom stereocenters. The number of nitrogens with one attached hydrogen (secondary N) is 3. The SMILES string of the molecule is CC1(NC2CCNCC2)CC(c2cc(C#N)c3cc2C3)=CC2=C1CNC=C2. The first-order chi connectivity index (χ1) is 13.2. The maximum absolute atomic E-state index is 9.46. The van der Waals surface area contributed by atoms with Gasteiger partial charge >= 0.3 is 0 Å². The van der Waals surface area contributed by atoms with Crippen molar-refractivity contribution in [3.05, 3.63) is 63.9 Å². The van der Waals surface area contributed by atoms with Crippen LogP contribution in [0.2, 0.25) is 0 Å². The van der Waals surface area contributed by atoms with E-state index in [0.29, 0.717) is 6.04 Å². The van der Waals surface area contributed by atoms with Gasteiger partial charge in [0.1, 0.15) is 0 Å². The number of allylic oxidation sites excluding steroid dienone is 3. The number of hydrogen-bond acceptors (Lipinski definition) is 4. The molecule has 1 saturated heterocycles. The quantitative estimate of drug-likeness (QED) is 0.790. The van der Waals surface area contributed by atoms with Crippen molar-refractivity contribution in [2.45, 2.75) is 44.2 Å². The van der Waals surface area contributed by atoms with Crippen LogP contribution in [-0.2, 0) is 6.42 Å². The summed E-state index contributed by atoms with van der Waals surface area (Å²) in [6, 6.07) is 7.25. The van der Waals surface area contributed by atoms with E-state index in [1.54, 1.807) is 0 Å². The van der Waals surface area contributed by atoms with Gasteiger partial charge in [-0.05, 0) is 97.4 Å². The molecule has 1 aromatic rings. The third-order valence-electron chi connectivity index (χ3n) is 6.59. The van der Waals surface area contributed by atoms with Gasteiger partial charge in [0.2, 0.25) is 0 Å². The summed E-state index contributed by atoms with van der Waals surface area (Å²) in [7, 11) is 0. The van der Waals surface area contributed by atoms with E-state index in [-0.39, 0.29) is 5.54 Å². The van der Waals surface area contributed by atoms with E-state index in [1.807, 2.05) is 0 Å². The van der Waals surface area contributed by atoms with Gasteiger partial charge in [-0.15, -0.1) is 0 Å². The third-order valence-corrected chi connectivity index (χ3v) is 6.59. The molecule has 0 amide bonds. The highest BCUT2D eigenvalue weighted by molar-refractivity contribution is 5.79. The summed E-state index contributed by atoms with van der Waals surface area (Å²) in [5, 5.41) is 20.4. The molecule has 1 aromatic carbocycles. The molecule has 3 N–H and O–H groups in total. The molecule has 27 heavy (non-hydrogen) atoms. The van der Waals surface area contributed by atoms with Crippen molar-refractivity contribution in [2.75, 3.05) is 19.6 Å². The van der Waals surface area contributed by atoms with E-state index in [0.717, 1.165) is 38.0 Å². The maximum Gasteiger partial charge on any atom is 0.0994 e. The summed E-state index contributed by atoms with van der Waals surface area (Å²) in [6.45, 7) is 5.46. The number of nitrogens with zero attached hydrogens (tertiary/aromatic N) is 1. The minimum Gasteiger partial charge on any atom is -0.387 e. The van der Waals surface area contributed by atoms with Crippen LogP contribution in [0.15, 0.2) is 41.6 Å². The Morgan fingerprint density at radius 3 is 2.81 bits per heavy atom. The van der Waals surface area contributed by atoms with Gasteiger partial charge in [0.25, 0.3) is 0 Å². The topological polar surface area (TPSA) is 59.9 Å². The summed E-state index contributed by atoms with van der Waals surface area (Å²) < 4.78 is 0. The molecule has 4 heteroatoms. The Bertz CT molecular complexity index is 924. The Hall–Kier alpha value is -2.35. The van der Waals surface area contributed by atoms with E-state index in [9.17, 15) is 5.26 Å². The minimum atomic E-state index is -0.0544. The Balaban J connectivity index is 1.53. The van der Waals surface area contributed by atoms with E-state index in [1.165, 1.54) is 46.3 Å². The van der Waals surface area contributed by atoms with Gasteiger partial charge < -0.3 is 16.0 Å². The molecule has 4 nitrogen and oxygen atoms in total. The Morgan fingerprint density at radius 1 is 1.22 bits per heavy atom. The van der Waals surface area contributed by atoms with E-state index in [4.69, 9.17) is 0 Å². The number of dihydropyridines is 1. The van der Waals surface area contributed by atoms with Gasteiger partial charge in [-0.3, -0.25) is 0 Å². The Labute approximate surface area is 161 Å². The Morgan fingerprint density at radius 2 is 2.04 bits per heavy atom. The van der Waals surface area contributed by atoms with E-state index >= 15 is 0 Å². The van der Waals surface area contributed by atoms with Crippen LogP contribution in [0.5, 0.6) is 0 Å². The van der Waals surface area contributed by atoms with Gasteiger partial charge in [-0.2, -0.15) is 5.26 Å². The minimum absolute atomic E-state index is 0.0544. The third kappa shape index (κ3) is 2.82. The van der Waals surface area contributed by atoms with Crippen molar-refractivity contribution in [3.63, 3.8) is 0 Å². The average Bonchev–Trinajstić information content (AvgIpc) is 2.67. The van der Waals surface area contributed by atoms with Crippen LogP contribution >= 0.6 is 0 Å². The molecular formula is C23H26N4. The number of rotatable bonds is 3. The molecule has 0 spiro atoms. The van der Waals surface area contributed by atoms with Crippen LogP contribution in [0.25, 0.3) is 5.57 Å². The normalized spacial score (nSPS) is 26.6. The molecule has 5 aliphatic rings. The van der Waals surface area contributed by atoms with Crippen molar-refractivity contribution in [2.24, 2.45) is 0 Å². The summed E-state index contributed by atoms with van der Waals surface area (Å²) >= 11 is 0. The fourth-order valence-electron chi connectivity index (χ4n) is 5.08. The van der Waals surface area contributed by atoms with Gasteiger partial charge in [0.15, 0.2) is 0 Å². The van der Waals surface area contributed by atoms with Crippen LogP contribution in [0.4, 0.5) is 0 Å². The smallest absolute Gasteiger partial charge is 0.0994 e. The number of benzene rings is 1. The van der Waals surface area contributed by atoms with Crippen molar-refractivity contribution in [1.82, 2.24) is 16.0 Å².